The maximum absolute atomic E-state index is 12.7. The monoisotopic (exact) mass is 400 g/mol. The first-order chi connectivity index (χ1) is 14.8. The summed E-state index contributed by atoms with van der Waals surface area (Å²) in [6, 6.07) is 21.9. The Bertz CT molecular complexity index is 1060. The number of amides is 1. The highest BCUT2D eigenvalue weighted by molar-refractivity contribution is 6.04. The predicted octanol–water partition coefficient (Wildman–Crippen LogP) is 4.66. The van der Waals surface area contributed by atoms with Crippen molar-refractivity contribution in [2.24, 2.45) is 0 Å². The Morgan fingerprint density at radius 2 is 1.73 bits per heavy atom. The van der Waals surface area contributed by atoms with Gasteiger partial charge in [0.05, 0.1) is 0 Å². The first-order valence-corrected chi connectivity index (χ1v) is 10.4. The van der Waals surface area contributed by atoms with E-state index in [0.29, 0.717) is 36.0 Å². The highest BCUT2D eigenvalue weighted by Gasteiger charge is 2.17. The number of fused-ring (bicyclic) bond motifs is 2. The van der Waals surface area contributed by atoms with E-state index in [4.69, 9.17) is 9.47 Å². The smallest absolute Gasteiger partial charge is 0.255 e. The Labute approximate surface area is 176 Å². The number of hydrogen-bond acceptors (Lipinski definition) is 4. The first-order valence-electron chi connectivity index (χ1n) is 10.4. The molecule has 0 saturated carbocycles. The molecule has 0 unspecified atom stereocenters. The normalized spacial score (nSPS) is 14.7. The van der Waals surface area contributed by atoms with E-state index in [1.807, 2.05) is 36.4 Å². The molecule has 30 heavy (non-hydrogen) atoms. The van der Waals surface area contributed by atoms with Crippen LogP contribution in [-0.4, -0.2) is 25.7 Å². The number of benzene rings is 3. The summed E-state index contributed by atoms with van der Waals surface area (Å²) in [7, 11) is 0. The quantitative estimate of drug-likeness (QED) is 0.692. The number of nitrogens with zero attached hydrogens (tertiary/aromatic N) is 1. The van der Waals surface area contributed by atoms with Gasteiger partial charge in [0.1, 0.15) is 13.2 Å². The molecule has 152 valence electrons. The number of nitrogens with one attached hydrogen (secondary N) is 1. The zero-order valence-corrected chi connectivity index (χ0v) is 16.8. The van der Waals surface area contributed by atoms with Gasteiger partial charge in [-0.1, -0.05) is 30.3 Å². The Balaban J connectivity index is 1.26. The Morgan fingerprint density at radius 3 is 2.60 bits per heavy atom. The van der Waals surface area contributed by atoms with Gasteiger partial charge < -0.3 is 19.7 Å². The predicted molar refractivity (Wildman–Crippen MR) is 118 cm³/mol. The minimum absolute atomic E-state index is 0.137. The second kappa shape index (κ2) is 8.11. The number of anilines is 2. The first kappa shape index (κ1) is 18.6. The standard InChI is InChI=1S/C25H24N2O3/c28-25(26-21-11-12-23-24(16-21)30-15-14-29-23)20-9-7-18(8-10-20)17-27-13-3-5-19-4-1-2-6-22(19)27/h1-2,4,6-12,16H,3,5,13-15,17H2,(H,26,28). The third kappa shape index (κ3) is 3.83. The molecule has 5 rings (SSSR count). The van der Waals surface area contributed by atoms with Crippen LogP contribution in [0.5, 0.6) is 11.5 Å². The lowest BCUT2D eigenvalue weighted by Crippen LogP contribution is -2.28. The van der Waals surface area contributed by atoms with Crippen LogP contribution in [0.3, 0.4) is 0 Å². The number of hydrogen-bond donors (Lipinski definition) is 1. The van der Waals surface area contributed by atoms with Crippen LogP contribution in [0.1, 0.15) is 27.9 Å². The van der Waals surface area contributed by atoms with Crippen LogP contribution in [-0.2, 0) is 13.0 Å². The fourth-order valence-electron chi connectivity index (χ4n) is 4.08. The fraction of sp³-hybridized carbons (Fsp3) is 0.240. The van der Waals surface area contributed by atoms with E-state index in [1.165, 1.54) is 23.2 Å². The van der Waals surface area contributed by atoms with Crippen LogP contribution in [0, 0.1) is 0 Å². The molecule has 1 amide bonds. The summed E-state index contributed by atoms with van der Waals surface area (Å²) in [5.74, 6) is 1.24. The Hall–Kier alpha value is -3.47. The molecule has 2 aliphatic heterocycles. The van der Waals surface area contributed by atoms with Crippen molar-refractivity contribution in [1.29, 1.82) is 0 Å². The van der Waals surface area contributed by atoms with Gasteiger partial charge >= 0.3 is 0 Å². The summed E-state index contributed by atoms with van der Waals surface area (Å²) < 4.78 is 11.1. The van der Waals surface area contributed by atoms with Crippen LogP contribution < -0.4 is 19.7 Å². The lowest BCUT2D eigenvalue weighted by atomic mass is 10.0. The van der Waals surface area contributed by atoms with Gasteiger partial charge in [-0.25, -0.2) is 0 Å². The molecule has 0 saturated heterocycles. The zero-order valence-electron chi connectivity index (χ0n) is 16.8. The van der Waals surface area contributed by atoms with E-state index in [2.05, 4.69) is 34.5 Å². The van der Waals surface area contributed by atoms with Gasteiger partial charge in [-0.15, -0.1) is 0 Å². The van der Waals surface area contributed by atoms with Gasteiger partial charge in [0.15, 0.2) is 11.5 Å². The summed E-state index contributed by atoms with van der Waals surface area (Å²) in [5, 5.41) is 2.94. The van der Waals surface area contributed by atoms with E-state index in [0.717, 1.165) is 19.5 Å². The maximum atomic E-state index is 12.7. The van der Waals surface area contributed by atoms with Crippen molar-refractivity contribution >= 4 is 17.3 Å². The molecule has 0 atom stereocenters. The maximum Gasteiger partial charge on any atom is 0.255 e. The van der Waals surface area contributed by atoms with Gasteiger partial charge in [0, 0.05) is 36.1 Å². The van der Waals surface area contributed by atoms with Crippen LogP contribution in [0.25, 0.3) is 0 Å². The second-order valence-corrected chi connectivity index (χ2v) is 7.66. The molecule has 2 heterocycles. The van der Waals surface area contributed by atoms with E-state index < -0.39 is 0 Å². The molecule has 3 aromatic carbocycles. The largest absolute Gasteiger partial charge is 0.486 e. The zero-order chi connectivity index (χ0) is 20.3. The third-order valence-electron chi connectivity index (χ3n) is 5.60. The third-order valence-corrected chi connectivity index (χ3v) is 5.60. The van der Waals surface area contributed by atoms with Gasteiger partial charge in [-0.05, 0) is 54.3 Å². The van der Waals surface area contributed by atoms with Crippen molar-refractivity contribution < 1.29 is 14.3 Å². The van der Waals surface area contributed by atoms with Gasteiger partial charge in [-0.3, -0.25) is 4.79 Å². The van der Waals surface area contributed by atoms with E-state index >= 15 is 0 Å². The van der Waals surface area contributed by atoms with E-state index in [9.17, 15) is 4.79 Å². The molecule has 0 aromatic heterocycles. The van der Waals surface area contributed by atoms with Crippen LogP contribution in [0.4, 0.5) is 11.4 Å². The summed E-state index contributed by atoms with van der Waals surface area (Å²) in [6.07, 6.45) is 2.32. The minimum atomic E-state index is -0.137. The topological polar surface area (TPSA) is 50.8 Å². The van der Waals surface area contributed by atoms with Crippen molar-refractivity contribution in [3.05, 3.63) is 83.4 Å². The summed E-state index contributed by atoms with van der Waals surface area (Å²) in [6.45, 7) is 2.98. The molecule has 3 aromatic rings. The second-order valence-electron chi connectivity index (χ2n) is 7.66. The molecule has 0 spiro atoms. The average molecular weight is 400 g/mol. The summed E-state index contributed by atoms with van der Waals surface area (Å²) >= 11 is 0. The number of carbonyl (C=O) groups excluding carboxylic acids is 1. The van der Waals surface area contributed by atoms with Crippen molar-refractivity contribution in [3.8, 4) is 11.5 Å². The van der Waals surface area contributed by atoms with Gasteiger partial charge in [-0.2, -0.15) is 0 Å². The number of ether oxygens (including phenoxy) is 2. The Morgan fingerprint density at radius 1 is 0.933 bits per heavy atom. The molecule has 5 heteroatoms. The van der Waals surface area contributed by atoms with E-state index in [-0.39, 0.29) is 5.91 Å². The molecule has 0 aliphatic carbocycles. The molecule has 5 nitrogen and oxygen atoms in total. The molecular formula is C25H24N2O3. The summed E-state index contributed by atoms with van der Waals surface area (Å²) in [5.41, 5.74) is 5.26. The SMILES string of the molecule is O=C(Nc1ccc2c(c1)OCCO2)c1ccc(CN2CCCc3ccccc32)cc1. The minimum Gasteiger partial charge on any atom is -0.486 e. The molecule has 0 bridgehead atoms. The highest BCUT2D eigenvalue weighted by atomic mass is 16.6. The lowest BCUT2D eigenvalue weighted by Gasteiger charge is -2.31. The number of para-hydroxylation sites is 1. The average Bonchev–Trinajstić information content (AvgIpc) is 2.80. The summed E-state index contributed by atoms with van der Waals surface area (Å²) in [4.78, 5) is 15.1. The molecular weight excluding hydrogens is 376 g/mol. The van der Waals surface area contributed by atoms with Crippen molar-refractivity contribution in [1.82, 2.24) is 0 Å². The van der Waals surface area contributed by atoms with Crippen LogP contribution in [0.2, 0.25) is 0 Å². The number of carbonyl (C=O) groups is 1. The van der Waals surface area contributed by atoms with Crippen molar-refractivity contribution in [2.45, 2.75) is 19.4 Å². The lowest BCUT2D eigenvalue weighted by molar-refractivity contribution is 0.102. The van der Waals surface area contributed by atoms with Crippen molar-refractivity contribution in [3.63, 3.8) is 0 Å². The molecule has 0 fully saturated rings. The van der Waals surface area contributed by atoms with Gasteiger partial charge in [0.2, 0.25) is 0 Å². The van der Waals surface area contributed by atoms with Crippen molar-refractivity contribution in [2.75, 3.05) is 30.0 Å². The van der Waals surface area contributed by atoms with Crippen LogP contribution in [0.15, 0.2) is 66.7 Å². The fourth-order valence-corrected chi connectivity index (χ4v) is 4.08. The molecule has 2 aliphatic rings. The van der Waals surface area contributed by atoms with Gasteiger partial charge in [0.25, 0.3) is 5.91 Å². The molecule has 0 radical (unpaired) electrons. The number of aryl methyl sites for hydroxylation is 1. The molecule has 1 N–H and O–H groups in total. The Kier molecular flexibility index (Phi) is 5.01. The van der Waals surface area contributed by atoms with E-state index in [1.54, 1.807) is 6.07 Å². The van der Waals surface area contributed by atoms with Crippen LogP contribution >= 0.6 is 0 Å². The highest BCUT2D eigenvalue weighted by Crippen LogP contribution is 2.33. The number of rotatable bonds is 4.